The van der Waals surface area contributed by atoms with Crippen LogP contribution in [0.25, 0.3) is 0 Å². The fourth-order valence-corrected chi connectivity index (χ4v) is 2.63. The number of phosphoric acid groups is 1. The molecule has 0 aliphatic heterocycles. The Morgan fingerprint density at radius 3 is 0.800 bits per heavy atom. The summed E-state index contributed by atoms with van der Waals surface area (Å²) < 4.78 is 8.88. The van der Waals surface area contributed by atoms with E-state index in [0.717, 1.165) is 77.0 Å². The van der Waals surface area contributed by atoms with Crippen LogP contribution < -0.4 is 34.4 Å². The highest BCUT2D eigenvalue weighted by Crippen LogP contribution is 2.25. The molecule has 35 heavy (non-hydrogen) atoms. The second-order valence-electron chi connectivity index (χ2n) is 8.18. The maximum absolute atomic E-state index is 8.88. The van der Waals surface area contributed by atoms with E-state index in [1.165, 1.54) is 0 Å². The number of aliphatic hydroxyl groups excluding tert-OH is 3. The van der Waals surface area contributed by atoms with Gasteiger partial charge in [0.2, 0.25) is 0 Å². The molecular formula is C21H57N6O7P. The molecule has 0 aromatic carbocycles. The van der Waals surface area contributed by atoms with Crippen molar-refractivity contribution in [2.24, 2.45) is 34.4 Å². The lowest BCUT2D eigenvalue weighted by Crippen LogP contribution is -2.21. The van der Waals surface area contributed by atoms with E-state index in [1.54, 1.807) is 0 Å². The van der Waals surface area contributed by atoms with E-state index >= 15 is 0 Å². The number of aliphatic hydroxyl groups is 3. The van der Waals surface area contributed by atoms with Gasteiger partial charge in [0.25, 0.3) is 0 Å². The average molecular weight is 537 g/mol. The second-order valence-corrected chi connectivity index (χ2v) is 9.21. The topological polar surface area (TPSA) is 295 Å². The zero-order valence-corrected chi connectivity index (χ0v) is 22.4. The quantitative estimate of drug-likeness (QED) is 0.0893. The van der Waals surface area contributed by atoms with Crippen molar-refractivity contribution in [3.63, 3.8) is 0 Å². The van der Waals surface area contributed by atoms with Crippen LogP contribution in [-0.2, 0) is 4.57 Å². The third-order valence-electron chi connectivity index (χ3n) is 4.54. The minimum absolute atomic E-state index is 0.232. The lowest BCUT2D eigenvalue weighted by molar-refractivity contribution is 0.275. The summed E-state index contributed by atoms with van der Waals surface area (Å²) in [7, 11) is -4.64. The molecule has 14 heteroatoms. The minimum atomic E-state index is -4.64. The van der Waals surface area contributed by atoms with E-state index < -0.39 is 7.82 Å². The predicted molar refractivity (Wildman–Crippen MR) is 142 cm³/mol. The molecule has 0 amide bonds. The van der Waals surface area contributed by atoms with E-state index in [1.807, 2.05) is 0 Å². The molecule has 0 fully saturated rings. The van der Waals surface area contributed by atoms with E-state index in [-0.39, 0.29) is 37.9 Å². The first-order valence-electron chi connectivity index (χ1n) is 12.4. The van der Waals surface area contributed by atoms with Crippen LogP contribution in [0.5, 0.6) is 0 Å². The number of hydrogen-bond acceptors (Lipinski definition) is 10. The number of hydrogen-bond donors (Lipinski definition) is 12. The van der Waals surface area contributed by atoms with Crippen LogP contribution in [0.2, 0.25) is 0 Å². The van der Waals surface area contributed by atoms with Crippen LogP contribution in [0, 0.1) is 0 Å². The van der Waals surface area contributed by atoms with Gasteiger partial charge in [0.05, 0.1) is 0 Å². The molecule has 3 atom stereocenters. The van der Waals surface area contributed by atoms with Gasteiger partial charge in [0.15, 0.2) is 0 Å². The van der Waals surface area contributed by atoms with Gasteiger partial charge < -0.3 is 64.4 Å². The Morgan fingerprint density at radius 1 is 0.486 bits per heavy atom. The maximum Gasteiger partial charge on any atom is 0.466 e. The van der Waals surface area contributed by atoms with E-state index in [2.05, 4.69) is 0 Å². The van der Waals surface area contributed by atoms with E-state index in [4.69, 9.17) is 69.0 Å². The first-order chi connectivity index (χ1) is 16.4. The highest BCUT2D eigenvalue weighted by atomic mass is 31.2. The van der Waals surface area contributed by atoms with Crippen molar-refractivity contribution in [3.8, 4) is 0 Å². The van der Waals surface area contributed by atoms with Gasteiger partial charge in [-0.3, -0.25) is 0 Å². The lowest BCUT2D eigenvalue weighted by Gasteiger charge is -2.08. The van der Waals surface area contributed by atoms with Crippen molar-refractivity contribution in [2.75, 3.05) is 39.5 Å². The zero-order valence-electron chi connectivity index (χ0n) is 21.5. The second kappa shape index (κ2) is 33.8. The highest BCUT2D eigenvalue weighted by Gasteiger charge is 2.01. The summed E-state index contributed by atoms with van der Waals surface area (Å²) in [5, 5.41) is 25.4. The fraction of sp³-hybridized carbons (Fsp3) is 1.00. The van der Waals surface area contributed by atoms with Gasteiger partial charge in [0.1, 0.15) is 0 Å². The molecule has 0 heterocycles. The maximum atomic E-state index is 8.88. The van der Waals surface area contributed by atoms with Gasteiger partial charge in [-0.25, -0.2) is 4.57 Å². The molecule has 0 saturated carbocycles. The van der Waals surface area contributed by atoms with Gasteiger partial charge in [-0.1, -0.05) is 0 Å². The summed E-state index contributed by atoms with van der Waals surface area (Å²) in [5.74, 6) is 0. The van der Waals surface area contributed by atoms with Crippen LogP contribution >= 0.6 is 7.82 Å². The van der Waals surface area contributed by atoms with Crippen LogP contribution in [-0.4, -0.2) is 87.6 Å². The molecule has 0 saturated heterocycles. The van der Waals surface area contributed by atoms with Crippen molar-refractivity contribution in [1.82, 2.24) is 0 Å². The standard InChI is InChI=1S/3C7H18N2O.H3O4P/c3*8-5-1-3-7(9)4-2-6-10;1-5(2,3)4/h3*7,10H,1-6,8-9H2;(H3,1,2,3,4). The molecule has 0 aliphatic carbocycles. The summed E-state index contributed by atoms with van der Waals surface area (Å²) in [6.07, 6.45) is 11.1. The van der Waals surface area contributed by atoms with Crippen molar-refractivity contribution in [3.05, 3.63) is 0 Å². The van der Waals surface area contributed by atoms with Crippen molar-refractivity contribution < 1.29 is 34.6 Å². The van der Waals surface area contributed by atoms with Crippen molar-refractivity contribution in [1.29, 1.82) is 0 Å². The largest absolute Gasteiger partial charge is 0.466 e. The SMILES string of the molecule is NCCCC(N)CCCO.NCCCC(N)CCCO.NCCCC(N)CCCO.O=P(O)(O)O. The van der Waals surface area contributed by atoms with Gasteiger partial charge in [-0.2, -0.15) is 0 Å². The Kier molecular flexibility index (Phi) is 40.4. The molecule has 3 unspecified atom stereocenters. The Morgan fingerprint density at radius 2 is 0.657 bits per heavy atom. The van der Waals surface area contributed by atoms with Gasteiger partial charge in [-0.05, 0) is 96.7 Å². The number of nitrogens with two attached hydrogens (primary N) is 6. The predicted octanol–water partition coefficient (Wildman–Crippen LogP) is -1.45. The molecule has 0 radical (unpaired) electrons. The molecule has 13 nitrogen and oxygen atoms in total. The van der Waals surface area contributed by atoms with Crippen LogP contribution in [0.1, 0.15) is 77.0 Å². The van der Waals surface area contributed by atoms with E-state index in [0.29, 0.717) is 19.6 Å². The Bertz CT molecular complexity index is 351. The molecule has 0 aromatic heterocycles. The van der Waals surface area contributed by atoms with Crippen LogP contribution in [0.3, 0.4) is 0 Å². The molecule has 0 aliphatic rings. The third kappa shape index (κ3) is 60.3. The Labute approximate surface area is 211 Å². The molecule has 18 N–H and O–H groups in total. The van der Waals surface area contributed by atoms with Crippen molar-refractivity contribution >= 4 is 7.82 Å². The summed E-state index contributed by atoms with van der Waals surface area (Å²) in [4.78, 5) is 21.6. The normalized spacial score (nSPS) is 13.3. The first kappa shape index (κ1) is 41.9. The molecule has 218 valence electrons. The average Bonchev–Trinajstić information content (AvgIpc) is 2.80. The molecular weight excluding hydrogens is 479 g/mol. The highest BCUT2D eigenvalue weighted by molar-refractivity contribution is 7.45. The van der Waals surface area contributed by atoms with Gasteiger partial charge in [-0.15, -0.1) is 0 Å². The summed E-state index contributed by atoms with van der Waals surface area (Å²) in [5.41, 5.74) is 32.9. The molecule has 0 rings (SSSR count). The third-order valence-corrected chi connectivity index (χ3v) is 4.54. The summed E-state index contributed by atoms with van der Waals surface area (Å²) in [6, 6.07) is 0.696. The minimum Gasteiger partial charge on any atom is -0.396 e. The molecule has 0 aromatic rings. The van der Waals surface area contributed by atoms with Gasteiger partial charge in [0, 0.05) is 37.9 Å². The van der Waals surface area contributed by atoms with Crippen LogP contribution in [0.4, 0.5) is 0 Å². The number of rotatable bonds is 18. The lowest BCUT2D eigenvalue weighted by atomic mass is 10.1. The van der Waals surface area contributed by atoms with Gasteiger partial charge >= 0.3 is 7.82 Å². The monoisotopic (exact) mass is 536 g/mol. The summed E-state index contributed by atoms with van der Waals surface area (Å²) in [6.45, 7) is 2.88. The Hall–Kier alpha value is -0.250. The zero-order chi connectivity index (χ0) is 28.0. The molecule has 0 bridgehead atoms. The van der Waals surface area contributed by atoms with Crippen LogP contribution in [0.15, 0.2) is 0 Å². The first-order valence-corrected chi connectivity index (χ1v) is 14.0. The fourth-order valence-electron chi connectivity index (χ4n) is 2.63. The molecule has 0 spiro atoms. The van der Waals surface area contributed by atoms with E-state index in [9.17, 15) is 0 Å². The van der Waals surface area contributed by atoms with Crippen molar-refractivity contribution in [2.45, 2.75) is 95.2 Å². The summed E-state index contributed by atoms with van der Waals surface area (Å²) >= 11 is 0. The smallest absolute Gasteiger partial charge is 0.396 e. The Balaban J connectivity index is -0.000000188.